The number of carbonyl (C=O) groups is 1. The molecule has 1 atom stereocenters. The summed E-state index contributed by atoms with van der Waals surface area (Å²) in [5.74, 6) is -0.0755. The van der Waals surface area contributed by atoms with E-state index in [-0.39, 0.29) is 17.8 Å². The number of ether oxygens (including phenoxy) is 1. The third kappa shape index (κ3) is 2.15. The fourth-order valence-corrected chi connectivity index (χ4v) is 0.992. The number of amides is 1. The van der Waals surface area contributed by atoms with Crippen LogP contribution in [0.5, 0.6) is 0 Å². The normalized spacial score (nSPS) is 24.7. The first-order valence-electron chi connectivity index (χ1n) is 3.26. The highest BCUT2D eigenvalue weighted by molar-refractivity contribution is 6.27. The van der Waals surface area contributed by atoms with Crippen LogP contribution in [0.4, 0.5) is 0 Å². The molecule has 4 heteroatoms. The number of carbonyl (C=O) groups excluding carboxylic acids is 1. The fourth-order valence-electron chi connectivity index (χ4n) is 0.915. The topological polar surface area (TPSA) is 38.3 Å². The maximum absolute atomic E-state index is 10.7. The Morgan fingerprint density at radius 1 is 1.80 bits per heavy atom. The molecule has 1 heterocycles. The Hall–Kier alpha value is -0.280. The van der Waals surface area contributed by atoms with Crippen LogP contribution in [-0.2, 0) is 9.53 Å². The lowest BCUT2D eigenvalue weighted by atomic mass is 10.3. The van der Waals surface area contributed by atoms with Crippen molar-refractivity contribution in [2.45, 2.75) is 12.5 Å². The van der Waals surface area contributed by atoms with Gasteiger partial charge in [-0.15, -0.1) is 11.6 Å². The third-order valence-corrected chi connectivity index (χ3v) is 1.66. The molecule has 1 saturated heterocycles. The maximum Gasteiger partial charge on any atom is 0.235 e. The third-order valence-electron chi connectivity index (χ3n) is 1.42. The molecule has 1 N–H and O–H groups in total. The smallest absolute Gasteiger partial charge is 0.235 e. The number of rotatable bonds is 2. The monoisotopic (exact) mass is 163 g/mol. The van der Waals surface area contributed by atoms with Gasteiger partial charge in [-0.25, -0.2) is 0 Å². The van der Waals surface area contributed by atoms with E-state index < -0.39 is 0 Å². The molecule has 0 aromatic rings. The van der Waals surface area contributed by atoms with Gasteiger partial charge in [0.25, 0.3) is 0 Å². The number of alkyl halides is 1. The van der Waals surface area contributed by atoms with Gasteiger partial charge in [0.2, 0.25) is 5.91 Å². The van der Waals surface area contributed by atoms with Crippen molar-refractivity contribution < 1.29 is 9.53 Å². The van der Waals surface area contributed by atoms with E-state index in [1.54, 1.807) is 0 Å². The van der Waals surface area contributed by atoms with Gasteiger partial charge in [-0.3, -0.25) is 4.79 Å². The van der Waals surface area contributed by atoms with E-state index in [0.717, 1.165) is 13.0 Å². The van der Waals surface area contributed by atoms with Crippen LogP contribution in [0.2, 0.25) is 0 Å². The van der Waals surface area contributed by atoms with E-state index in [2.05, 4.69) is 5.32 Å². The SMILES string of the molecule is O=C(CCl)N[C@@H]1CCOC1. The molecule has 58 valence electrons. The van der Waals surface area contributed by atoms with Gasteiger partial charge in [0.05, 0.1) is 12.6 Å². The van der Waals surface area contributed by atoms with E-state index >= 15 is 0 Å². The van der Waals surface area contributed by atoms with Gasteiger partial charge in [0.15, 0.2) is 0 Å². The van der Waals surface area contributed by atoms with Gasteiger partial charge >= 0.3 is 0 Å². The fraction of sp³-hybridized carbons (Fsp3) is 0.833. The van der Waals surface area contributed by atoms with Crippen LogP contribution in [0, 0.1) is 0 Å². The lowest BCUT2D eigenvalue weighted by molar-refractivity contribution is -0.119. The van der Waals surface area contributed by atoms with Gasteiger partial charge in [0.1, 0.15) is 5.88 Å². The molecule has 0 aromatic heterocycles. The number of hydrogen-bond acceptors (Lipinski definition) is 2. The quantitative estimate of drug-likeness (QED) is 0.588. The minimum absolute atomic E-state index is 0.0382. The Kier molecular flexibility index (Phi) is 2.96. The zero-order valence-corrected chi connectivity index (χ0v) is 6.36. The predicted molar refractivity (Wildman–Crippen MR) is 38.1 cm³/mol. The molecule has 0 aliphatic carbocycles. The van der Waals surface area contributed by atoms with Gasteiger partial charge in [-0.2, -0.15) is 0 Å². The molecule has 0 bridgehead atoms. The highest BCUT2D eigenvalue weighted by Crippen LogP contribution is 2.02. The molecular weight excluding hydrogens is 154 g/mol. The van der Waals surface area contributed by atoms with E-state index in [1.807, 2.05) is 0 Å². The molecule has 1 amide bonds. The van der Waals surface area contributed by atoms with Crippen molar-refractivity contribution in [3.05, 3.63) is 0 Å². The Morgan fingerprint density at radius 3 is 3.10 bits per heavy atom. The summed E-state index contributed by atoms with van der Waals surface area (Å²) in [5.41, 5.74) is 0. The molecule has 1 rings (SSSR count). The average Bonchev–Trinajstić information content (AvgIpc) is 2.40. The van der Waals surface area contributed by atoms with Crippen molar-refractivity contribution in [2.75, 3.05) is 19.1 Å². The van der Waals surface area contributed by atoms with E-state index in [9.17, 15) is 4.79 Å². The van der Waals surface area contributed by atoms with Crippen molar-refractivity contribution in [2.24, 2.45) is 0 Å². The largest absolute Gasteiger partial charge is 0.379 e. The highest BCUT2D eigenvalue weighted by atomic mass is 35.5. The lowest BCUT2D eigenvalue weighted by Crippen LogP contribution is -2.35. The summed E-state index contributed by atoms with van der Waals surface area (Å²) in [6.45, 7) is 1.37. The molecule has 1 fully saturated rings. The zero-order chi connectivity index (χ0) is 7.40. The molecule has 10 heavy (non-hydrogen) atoms. The highest BCUT2D eigenvalue weighted by Gasteiger charge is 2.16. The van der Waals surface area contributed by atoms with Crippen LogP contribution >= 0.6 is 11.6 Å². The Balaban J connectivity index is 2.17. The average molecular weight is 164 g/mol. The second-order valence-corrected chi connectivity index (χ2v) is 2.53. The first kappa shape index (κ1) is 7.82. The molecule has 0 spiro atoms. The number of halogens is 1. The molecule has 0 aromatic carbocycles. The van der Waals surface area contributed by atoms with E-state index in [1.165, 1.54) is 0 Å². The summed E-state index contributed by atoms with van der Waals surface area (Å²) in [6.07, 6.45) is 0.905. The van der Waals surface area contributed by atoms with Crippen molar-refractivity contribution in [3.8, 4) is 0 Å². The molecule has 3 nitrogen and oxygen atoms in total. The summed E-state index contributed by atoms with van der Waals surface area (Å²) >= 11 is 5.28. The summed E-state index contributed by atoms with van der Waals surface area (Å²) in [5, 5.41) is 2.73. The predicted octanol–water partition coefficient (Wildman–Crippen LogP) is 0.130. The van der Waals surface area contributed by atoms with Gasteiger partial charge < -0.3 is 10.1 Å². The Morgan fingerprint density at radius 2 is 2.60 bits per heavy atom. The van der Waals surface area contributed by atoms with Crippen LogP contribution in [0.1, 0.15) is 6.42 Å². The second kappa shape index (κ2) is 3.78. The van der Waals surface area contributed by atoms with Crippen LogP contribution in [-0.4, -0.2) is 31.0 Å². The summed E-state index contributed by atoms with van der Waals surface area (Å²) in [6, 6.07) is 0.186. The minimum atomic E-state index is -0.114. The molecular formula is C6H10ClNO2. The van der Waals surface area contributed by atoms with Crippen molar-refractivity contribution in [1.29, 1.82) is 0 Å². The standard InChI is InChI=1S/C6H10ClNO2/c7-3-6(9)8-5-1-2-10-4-5/h5H,1-4H2,(H,8,9)/t5-/m1/s1. The van der Waals surface area contributed by atoms with Gasteiger partial charge in [-0.05, 0) is 6.42 Å². The first-order chi connectivity index (χ1) is 4.83. The minimum Gasteiger partial charge on any atom is -0.379 e. The summed E-state index contributed by atoms with van der Waals surface area (Å²) < 4.78 is 5.04. The molecule has 1 aliphatic rings. The second-order valence-electron chi connectivity index (χ2n) is 2.26. The maximum atomic E-state index is 10.7. The van der Waals surface area contributed by atoms with Crippen LogP contribution in [0.25, 0.3) is 0 Å². The van der Waals surface area contributed by atoms with Gasteiger partial charge in [0, 0.05) is 6.61 Å². The van der Waals surface area contributed by atoms with Crippen LogP contribution in [0.3, 0.4) is 0 Å². The summed E-state index contributed by atoms with van der Waals surface area (Å²) in [7, 11) is 0. The van der Waals surface area contributed by atoms with Crippen molar-refractivity contribution in [3.63, 3.8) is 0 Å². The lowest BCUT2D eigenvalue weighted by Gasteiger charge is -2.07. The molecule has 0 radical (unpaired) electrons. The van der Waals surface area contributed by atoms with Gasteiger partial charge in [-0.1, -0.05) is 0 Å². The first-order valence-corrected chi connectivity index (χ1v) is 3.79. The summed E-state index contributed by atoms with van der Waals surface area (Å²) in [4.78, 5) is 10.7. The molecule has 1 aliphatic heterocycles. The van der Waals surface area contributed by atoms with E-state index in [0.29, 0.717) is 6.61 Å². The molecule has 0 unspecified atom stereocenters. The number of hydrogen-bond donors (Lipinski definition) is 1. The van der Waals surface area contributed by atoms with Crippen molar-refractivity contribution >= 4 is 17.5 Å². The Bertz CT molecular complexity index is 123. The van der Waals surface area contributed by atoms with Crippen molar-refractivity contribution in [1.82, 2.24) is 5.32 Å². The number of nitrogens with one attached hydrogen (secondary N) is 1. The van der Waals surface area contributed by atoms with Crippen LogP contribution < -0.4 is 5.32 Å². The zero-order valence-electron chi connectivity index (χ0n) is 5.60. The Labute approximate surface area is 64.7 Å². The van der Waals surface area contributed by atoms with E-state index in [4.69, 9.17) is 16.3 Å². The van der Waals surface area contributed by atoms with Crippen LogP contribution in [0.15, 0.2) is 0 Å². The molecule has 0 saturated carbocycles.